The first-order valence-corrected chi connectivity index (χ1v) is 2.27. The summed E-state index contributed by atoms with van der Waals surface area (Å²) in [5.41, 5.74) is 0. The van der Waals surface area contributed by atoms with Crippen molar-refractivity contribution < 1.29 is 41.7 Å². The minimum atomic E-state index is -1.63. The number of aliphatic carboxylic acids is 2. The number of carbonyl (C=O) groups is 3. The average molecular weight is 210 g/mol. The van der Waals surface area contributed by atoms with Gasteiger partial charge in [-0.3, -0.25) is 4.79 Å². The van der Waals surface area contributed by atoms with E-state index >= 15 is 0 Å². The van der Waals surface area contributed by atoms with Crippen molar-refractivity contribution in [1.82, 2.24) is 0 Å². The second-order valence-electron chi connectivity index (χ2n) is 1.34. The predicted molar refractivity (Wildman–Crippen MR) is 26.4 cm³/mol. The van der Waals surface area contributed by atoms with E-state index in [1.165, 1.54) is 0 Å². The molecule has 0 saturated carbocycles. The van der Waals surface area contributed by atoms with Crippen molar-refractivity contribution >= 4 is 17.7 Å². The summed E-state index contributed by atoms with van der Waals surface area (Å²) >= 11 is 0. The van der Waals surface area contributed by atoms with Crippen molar-refractivity contribution in [3.05, 3.63) is 0 Å². The number of hydrogen-bond acceptors (Lipinski definition) is 5. The SMILES string of the molecule is CC(=O)C(=O)[O-].CC(=O)[O-].[Cu+2]. The van der Waals surface area contributed by atoms with Gasteiger partial charge in [0.1, 0.15) is 5.97 Å². The number of carboxylic acid groups (broad SMARTS) is 2. The molecule has 0 aromatic carbocycles. The third kappa shape index (κ3) is 47.4. The molecule has 0 aliphatic heterocycles. The monoisotopic (exact) mass is 209 g/mol. The van der Waals surface area contributed by atoms with Crippen molar-refractivity contribution in [3.63, 3.8) is 0 Å². The first kappa shape index (κ1) is 16.6. The summed E-state index contributed by atoms with van der Waals surface area (Å²) in [5, 5.41) is 18.1. The molecule has 0 saturated heterocycles. The van der Waals surface area contributed by atoms with Crippen LogP contribution in [0.1, 0.15) is 13.8 Å². The largest absolute Gasteiger partial charge is 2.00 e. The molecule has 0 aliphatic carbocycles. The molecular weight excluding hydrogens is 204 g/mol. The molecule has 11 heavy (non-hydrogen) atoms. The van der Waals surface area contributed by atoms with Crippen LogP contribution in [0.25, 0.3) is 0 Å². The molecule has 1 radical (unpaired) electrons. The maximum Gasteiger partial charge on any atom is 2.00 e. The Morgan fingerprint density at radius 1 is 1.00 bits per heavy atom. The summed E-state index contributed by atoms with van der Waals surface area (Å²) in [7, 11) is 0. The van der Waals surface area contributed by atoms with Crippen LogP contribution in [-0.4, -0.2) is 17.7 Å². The van der Waals surface area contributed by atoms with E-state index in [1.54, 1.807) is 0 Å². The van der Waals surface area contributed by atoms with E-state index in [2.05, 4.69) is 0 Å². The Balaban J connectivity index is -0.000000114. The molecule has 67 valence electrons. The Morgan fingerprint density at radius 2 is 1.09 bits per heavy atom. The van der Waals surface area contributed by atoms with Gasteiger partial charge < -0.3 is 19.8 Å². The van der Waals surface area contributed by atoms with Gasteiger partial charge in [-0.1, -0.05) is 0 Å². The van der Waals surface area contributed by atoms with E-state index in [9.17, 15) is 14.7 Å². The number of rotatable bonds is 1. The molecule has 0 aliphatic rings. The number of hydrogen-bond donors (Lipinski definition) is 0. The fraction of sp³-hybridized carbons (Fsp3) is 0.400. The third-order valence-corrected chi connectivity index (χ3v) is 0.287. The second-order valence-corrected chi connectivity index (χ2v) is 1.34. The number of carboxylic acids is 2. The Bertz CT molecular complexity index is 137. The minimum Gasteiger partial charge on any atom is -0.550 e. The van der Waals surface area contributed by atoms with Crippen LogP contribution in [0.2, 0.25) is 0 Å². The maximum atomic E-state index is 9.48. The first-order chi connectivity index (χ1) is 4.37. The maximum absolute atomic E-state index is 9.48. The zero-order valence-corrected chi connectivity index (χ0v) is 6.78. The molecule has 6 heteroatoms. The van der Waals surface area contributed by atoms with Gasteiger partial charge in [-0.05, 0) is 6.92 Å². The smallest absolute Gasteiger partial charge is 0.550 e. The van der Waals surface area contributed by atoms with Crippen LogP contribution in [0.4, 0.5) is 0 Å². The van der Waals surface area contributed by atoms with Crippen LogP contribution < -0.4 is 10.2 Å². The van der Waals surface area contributed by atoms with E-state index in [-0.39, 0.29) is 17.1 Å². The molecule has 0 N–H and O–H groups in total. The molecule has 0 unspecified atom stereocenters. The quantitative estimate of drug-likeness (QED) is 0.340. The molecule has 0 atom stereocenters. The molecule has 0 aromatic rings. The van der Waals surface area contributed by atoms with Crippen LogP contribution >= 0.6 is 0 Å². The van der Waals surface area contributed by atoms with E-state index < -0.39 is 17.7 Å². The summed E-state index contributed by atoms with van der Waals surface area (Å²) < 4.78 is 0. The Kier molecular flexibility index (Phi) is 13.8. The van der Waals surface area contributed by atoms with Crippen molar-refractivity contribution in [2.24, 2.45) is 0 Å². The molecule has 0 rings (SSSR count). The van der Waals surface area contributed by atoms with Gasteiger partial charge in [-0.15, -0.1) is 0 Å². The molecule has 0 bridgehead atoms. The zero-order valence-electron chi connectivity index (χ0n) is 5.84. The average Bonchev–Trinajstić information content (AvgIpc) is 1.63. The Morgan fingerprint density at radius 3 is 1.09 bits per heavy atom. The van der Waals surface area contributed by atoms with Gasteiger partial charge in [0, 0.05) is 12.9 Å². The van der Waals surface area contributed by atoms with Crippen molar-refractivity contribution in [1.29, 1.82) is 0 Å². The molecule has 0 fully saturated rings. The molecule has 0 amide bonds. The number of Topliss-reactive ketones (excluding diaryl/α,β-unsaturated/α-hetero) is 1. The van der Waals surface area contributed by atoms with E-state index in [4.69, 9.17) is 9.90 Å². The molecule has 0 aromatic heterocycles. The first-order valence-electron chi connectivity index (χ1n) is 2.27. The summed E-state index contributed by atoms with van der Waals surface area (Å²) in [4.78, 5) is 27.6. The van der Waals surface area contributed by atoms with Crippen LogP contribution in [0.15, 0.2) is 0 Å². The van der Waals surface area contributed by atoms with Crippen molar-refractivity contribution in [2.75, 3.05) is 0 Å². The fourth-order valence-corrected chi connectivity index (χ4v) is 0. The van der Waals surface area contributed by atoms with Gasteiger partial charge in [0.15, 0.2) is 5.78 Å². The van der Waals surface area contributed by atoms with Gasteiger partial charge in [-0.25, -0.2) is 0 Å². The minimum absolute atomic E-state index is 0. The van der Waals surface area contributed by atoms with Gasteiger partial charge in [0.2, 0.25) is 0 Å². The predicted octanol–water partition coefficient (Wildman–Crippen LogP) is -2.92. The summed E-state index contributed by atoms with van der Waals surface area (Å²) in [6.45, 7) is 1.91. The summed E-state index contributed by atoms with van der Waals surface area (Å²) in [6.07, 6.45) is 0. The van der Waals surface area contributed by atoms with Gasteiger partial charge in [0.25, 0.3) is 0 Å². The van der Waals surface area contributed by atoms with Crippen molar-refractivity contribution in [3.8, 4) is 0 Å². The van der Waals surface area contributed by atoms with Crippen LogP contribution in [-0.2, 0) is 31.5 Å². The molecule has 5 nitrogen and oxygen atoms in total. The van der Waals surface area contributed by atoms with Crippen LogP contribution in [0, 0.1) is 0 Å². The topological polar surface area (TPSA) is 97.3 Å². The molecular formula is C5H6CuO5. The van der Waals surface area contributed by atoms with Crippen LogP contribution in [0.5, 0.6) is 0 Å². The van der Waals surface area contributed by atoms with Crippen LogP contribution in [0.3, 0.4) is 0 Å². The number of ketones is 1. The number of carbonyl (C=O) groups excluding carboxylic acids is 3. The van der Waals surface area contributed by atoms with E-state index in [0.717, 1.165) is 13.8 Å². The molecule has 0 heterocycles. The van der Waals surface area contributed by atoms with E-state index in [1.807, 2.05) is 0 Å². The second kappa shape index (κ2) is 9.13. The van der Waals surface area contributed by atoms with E-state index in [0.29, 0.717) is 0 Å². The van der Waals surface area contributed by atoms with Gasteiger partial charge in [0.05, 0.1) is 0 Å². The normalized spacial score (nSPS) is 6.36. The fourth-order valence-electron chi connectivity index (χ4n) is 0. The standard InChI is InChI=1S/C3H4O3.C2H4O2.Cu/c1-2(4)3(5)6;1-2(3)4;/h1H3,(H,5,6);1H3,(H,3,4);/q;;+2/p-2. The molecule has 0 spiro atoms. The zero-order chi connectivity index (χ0) is 8.73. The third-order valence-electron chi connectivity index (χ3n) is 0.287. The summed E-state index contributed by atoms with van der Waals surface area (Å²) in [5.74, 6) is -3.65. The Hall–Kier alpha value is -0.871. The Labute approximate surface area is 73.9 Å². The van der Waals surface area contributed by atoms with Gasteiger partial charge in [-0.2, -0.15) is 0 Å². The van der Waals surface area contributed by atoms with Gasteiger partial charge >= 0.3 is 17.1 Å². The van der Waals surface area contributed by atoms with Crippen molar-refractivity contribution in [2.45, 2.75) is 13.8 Å². The summed E-state index contributed by atoms with van der Waals surface area (Å²) in [6, 6.07) is 0.